The van der Waals surface area contributed by atoms with Crippen LogP contribution in [0.2, 0.25) is 0 Å². The predicted octanol–water partition coefficient (Wildman–Crippen LogP) is 9.28. The molecule has 4 amide bonds. The molecule has 2 aliphatic rings. The molecule has 0 aliphatic carbocycles. The Morgan fingerprint density at radius 1 is 0.790 bits per heavy atom. The van der Waals surface area contributed by atoms with Crippen molar-refractivity contribution < 1.29 is 29.0 Å². The van der Waals surface area contributed by atoms with Gasteiger partial charge in [0.25, 0.3) is 5.91 Å². The number of H-pyrrole nitrogens is 2. The Kier molecular flexibility index (Phi) is 11.3. The van der Waals surface area contributed by atoms with Gasteiger partial charge in [0, 0.05) is 35.0 Å². The first-order chi connectivity index (χ1) is 30.1. The summed E-state index contributed by atoms with van der Waals surface area (Å²) in [5, 5.41) is 19.1. The van der Waals surface area contributed by atoms with E-state index >= 15 is 0 Å². The summed E-state index contributed by atoms with van der Waals surface area (Å²) in [7, 11) is 1.29. The Morgan fingerprint density at radius 2 is 1.42 bits per heavy atom. The number of carboxylic acid groups (broad SMARTS) is 1. The van der Waals surface area contributed by atoms with Gasteiger partial charge in [-0.3, -0.25) is 9.59 Å². The zero-order valence-electron chi connectivity index (χ0n) is 34.4. The number of hydrogen-bond donors (Lipinski definition) is 5. The van der Waals surface area contributed by atoms with Crippen molar-refractivity contribution in [3.63, 3.8) is 0 Å². The second-order valence-electron chi connectivity index (χ2n) is 16.1. The number of nitrogens with zero attached hydrogens (tertiary/aromatic N) is 4. The van der Waals surface area contributed by atoms with Crippen molar-refractivity contribution in [2.45, 2.75) is 63.7 Å². The van der Waals surface area contributed by atoms with Crippen molar-refractivity contribution in [1.29, 1.82) is 0 Å². The third kappa shape index (κ3) is 7.79. The minimum atomic E-state index is -1.26. The van der Waals surface area contributed by atoms with Gasteiger partial charge in [-0.2, -0.15) is 0 Å². The monoisotopic (exact) mass is 870 g/mol. The number of alkyl carbamates (subject to hydrolysis) is 1. The molecule has 4 atom stereocenters. The van der Waals surface area contributed by atoms with Crippen LogP contribution >= 0.6 is 22.7 Å². The van der Waals surface area contributed by atoms with E-state index in [1.165, 1.54) is 22.1 Å². The second kappa shape index (κ2) is 17.1. The molecule has 0 saturated carbocycles. The third-order valence-corrected chi connectivity index (χ3v) is 14.1. The highest BCUT2D eigenvalue weighted by Crippen LogP contribution is 2.45. The number of aromatic nitrogens is 4. The Morgan fingerprint density at radius 3 is 2.08 bits per heavy atom. The highest BCUT2D eigenvalue weighted by Gasteiger charge is 2.39. The average molecular weight is 871 g/mol. The van der Waals surface area contributed by atoms with Crippen molar-refractivity contribution in [3.8, 4) is 33.5 Å². The van der Waals surface area contributed by atoms with Gasteiger partial charge in [0.1, 0.15) is 23.7 Å². The molecule has 2 aliphatic heterocycles. The van der Waals surface area contributed by atoms with Crippen molar-refractivity contribution in [3.05, 3.63) is 107 Å². The molecule has 7 aromatic rings. The van der Waals surface area contributed by atoms with E-state index in [4.69, 9.17) is 14.7 Å². The number of ether oxygens (including phenoxy) is 1. The van der Waals surface area contributed by atoms with Gasteiger partial charge in [-0.1, -0.05) is 74.5 Å². The largest absolute Gasteiger partial charge is 0.465 e. The average Bonchev–Trinajstić information content (AvgIpc) is 4.14. The van der Waals surface area contributed by atoms with E-state index in [9.17, 15) is 24.3 Å². The fourth-order valence-corrected chi connectivity index (χ4v) is 11.2. The minimum absolute atomic E-state index is 0.112. The predicted molar refractivity (Wildman–Crippen MR) is 240 cm³/mol. The van der Waals surface area contributed by atoms with Crippen LogP contribution < -0.4 is 10.6 Å². The van der Waals surface area contributed by atoms with Crippen molar-refractivity contribution in [2.24, 2.45) is 5.92 Å². The van der Waals surface area contributed by atoms with Crippen LogP contribution in [0.15, 0.2) is 89.8 Å². The SMILES string of the molecule is COC(=O)N[C@H](C(=O)N1CCC[C@H]1c1nc2ccc(-c3csc4c(-c5ccc(-c6cnc([C@@H]7CCCN7C(=O)[C@H](NC(=O)O)c7ccccc7)[nH]6)cc5)csc34)cc2[nH]1)C(C)C. The lowest BCUT2D eigenvalue weighted by molar-refractivity contribution is -0.135. The highest BCUT2D eigenvalue weighted by molar-refractivity contribution is 7.27. The molecule has 9 rings (SSSR count). The van der Waals surface area contributed by atoms with E-state index in [-0.39, 0.29) is 29.8 Å². The van der Waals surface area contributed by atoms with E-state index in [2.05, 4.69) is 67.8 Å². The van der Waals surface area contributed by atoms with Gasteiger partial charge in [-0.05, 0) is 66.0 Å². The van der Waals surface area contributed by atoms with Gasteiger partial charge in [0.2, 0.25) is 5.91 Å². The molecule has 0 unspecified atom stereocenters. The maximum atomic E-state index is 13.8. The van der Waals surface area contributed by atoms with Gasteiger partial charge in [0.05, 0.1) is 51.5 Å². The summed E-state index contributed by atoms with van der Waals surface area (Å²) in [6, 6.07) is 21.3. The number of hydrogen-bond acceptors (Lipinski definition) is 9. The van der Waals surface area contributed by atoms with Crippen LogP contribution in [0.3, 0.4) is 0 Å². The summed E-state index contributed by atoms with van der Waals surface area (Å²) in [5.74, 6) is 0.866. The number of fused-ring (bicyclic) bond motifs is 2. The maximum absolute atomic E-state index is 13.8. The normalized spacial score (nSPS) is 17.5. The fraction of sp³-hybridized carbons (Fsp3) is 0.304. The van der Waals surface area contributed by atoms with E-state index in [1.54, 1.807) is 58.0 Å². The van der Waals surface area contributed by atoms with Crippen LogP contribution in [0.4, 0.5) is 9.59 Å². The molecule has 318 valence electrons. The number of benzene rings is 3. The van der Waals surface area contributed by atoms with Crippen LogP contribution in [0, 0.1) is 5.92 Å². The number of likely N-dealkylation sites (tertiary alicyclic amines) is 2. The quantitative estimate of drug-likeness (QED) is 0.0851. The number of nitrogens with one attached hydrogen (secondary N) is 4. The summed E-state index contributed by atoms with van der Waals surface area (Å²) >= 11 is 3.44. The molecule has 14 nitrogen and oxygen atoms in total. The van der Waals surface area contributed by atoms with Crippen LogP contribution in [0.5, 0.6) is 0 Å². The summed E-state index contributed by atoms with van der Waals surface area (Å²) < 4.78 is 7.21. The molecule has 0 radical (unpaired) electrons. The number of aromatic amines is 2. The summed E-state index contributed by atoms with van der Waals surface area (Å²) in [6.45, 7) is 4.92. The summed E-state index contributed by atoms with van der Waals surface area (Å²) in [4.78, 5) is 71.3. The number of thiophene rings is 2. The smallest absolute Gasteiger partial charge is 0.407 e. The Bertz CT molecular complexity index is 2780. The number of imidazole rings is 2. The van der Waals surface area contributed by atoms with Crippen LogP contribution in [0.25, 0.3) is 53.9 Å². The molecular weight excluding hydrogens is 825 g/mol. The standard InChI is InChI=1S/C46H46N8O6S2/c1-25(2)37(52-46(59)60-3)43(55)54-20-8-12-36(54)42-48-32-18-17-29(21-33(32)49-42)31-24-62-39-30(23-61-40(31)39)26-13-15-27(16-14-26)34-22-47-41(50-34)35-11-7-19-53(35)44(56)38(51-45(57)58)28-9-5-4-6-10-28/h4-6,9-10,13-18,21-25,35-38,51H,7-8,11-12,19-20H2,1-3H3,(H,47,50)(H,48,49)(H,52,59)(H,57,58)/t35-,36-,37-,38+/m0/s1. The number of amides is 4. The first kappa shape index (κ1) is 40.9. The highest BCUT2D eigenvalue weighted by atomic mass is 32.1. The zero-order chi connectivity index (χ0) is 43.1. The molecule has 16 heteroatoms. The van der Waals surface area contributed by atoms with Crippen LogP contribution in [-0.4, -0.2) is 85.1 Å². The second-order valence-corrected chi connectivity index (χ2v) is 17.9. The van der Waals surface area contributed by atoms with E-state index in [0.717, 1.165) is 70.5 Å². The lowest BCUT2D eigenvalue weighted by Gasteiger charge is -2.29. The third-order valence-electron chi connectivity index (χ3n) is 11.9. The van der Waals surface area contributed by atoms with Crippen molar-refractivity contribution in [2.75, 3.05) is 20.2 Å². The Hall–Kier alpha value is -6.52. The fourth-order valence-electron chi connectivity index (χ4n) is 8.79. The number of rotatable bonds is 11. The Balaban J connectivity index is 0.906. The molecule has 3 aromatic carbocycles. The molecule has 2 fully saturated rings. The van der Waals surface area contributed by atoms with Gasteiger partial charge < -0.3 is 40.2 Å². The topological polar surface area (TPSA) is 186 Å². The molecule has 0 bridgehead atoms. The van der Waals surface area contributed by atoms with E-state index < -0.39 is 24.3 Å². The van der Waals surface area contributed by atoms with Gasteiger partial charge in [-0.25, -0.2) is 19.6 Å². The van der Waals surface area contributed by atoms with Gasteiger partial charge in [-0.15, -0.1) is 22.7 Å². The molecule has 0 spiro atoms. The molecule has 62 heavy (non-hydrogen) atoms. The molecule has 6 heterocycles. The summed E-state index contributed by atoms with van der Waals surface area (Å²) in [6.07, 6.45) is 3.04. The molecular formula is C46H46N8O6S2. The Labute approximate surface area is 365 Å². The molecule has 5 N–H and O–H groups in total. The number of methoxy groups -OCH3 is 1. The minimum Gasteiger partial charge on any atom is -0.465 e. The first-order valence-corrected chi connectivity index (χ1v) is 22.5. The molecule has 4 aromatic heterocycles. The first-order valence-electron chi connectivity index (χ1n) is 20.7. The van der Waals surface area contributed by atoms with Crippen LogP contribution in [0.1, 0.15) is 74.9 Å². The van der Waals surface area contributed by atoms with E-state index in [1.807, 2.05) is 30.9 Å². The van der Waals surface area contributed by atoms with Crippen LogP contribution in [-0.2, 0) is 14.3 Å². The van der Waals surface area contributed by atoms with Gasteiger partial charge in [0.15, 0.2) is 0 Å². The van der Waals surface area contributed by atoms with Gasteiger partial charge >= 0.3 is 12.2 Å². The zero-order valence-corrected chi connectivity index (χ0v) is 36.0. The van der Waals surface area contributed by atoms with E-state index in [0.29, 0.717) is 24.5 Å². The van der Waals surface area contributed by atoms with Crippen molar-refractivity contribution >= 4 is 67.1 Å². The maximum Gasteiger partial charge on any atom is 0.407 e. The van der Waals surface area contributed by atoms with Crippen molar-refractivity contribution in [1.82, 2.24) is 40.4 Å². The lowest BCUT2D eigenvalue weighted by atomic mass is 10.0. The number of carbonyl (C=O) groups is 4. The lowest BCUT2D eigenvalue weighted by Crippen LogP contribution is -2.51. The molecule has 2 saturated heterocycles. The summed E-state index contributed by atoms with van der Waals surface area (Å²) in [5.41, 5.74) is 8.62. The number of carbonyl (C=O) groups excluding carboxylic acids is 3.